The lowest BCUT2D eigenvalue weighted by Gasteiger charge is -2.15. The fraction of sp³-hybridized carbons (Fsp3) is 1.00. The number of hydrogen-bond donors (Lipinski definition) is 1. The van der Waals surface area contributed by atoms with Crippen molar-refractivity contribution in [3.63, 3.8) is 0 Å². The fourth-order valence-corrected chi connectivity index (χ4v) is 1.23. The molecular weight excluding hydrogens is 98.1 g/mol. The first kappa shape index (κ1) is 6.09. The zero-order chi connectivity index (χ0) is 6.36. The molecule has 1 heteroatoms. The van der Waals surface area contributed by atoms with Crippen LogP contribution in [0, 0.1) is 5.41 Å². The van der Waals surface area contributed by atoms with Gasteiger partial charge in [0.15, 0.2) is 0 Å². The van der Waals surface area contributed by atoms with Crippen LogP contribution in [0.25, 0.3) is 0 Å². The average molecular weight is 113 g/mol. The second-order valence-corrected chi connectivity index (χ2v) is 3.80. The summed E-state index contributed by atoms with van der Waals surface area (Å²) in [6.45, 7) is 9.05. The molecule has 8 heavy (non-hydrogen) atoms. The summed E-state index contributed by atoms with van der Waals surface area (Å²) in [6.07, 6.45) is 0. The minimum Gasteiger partial charge on any atom is -0.308 e. The van der Waals surface area contributed by atoms with Crippen LogP contribution < -0.4 is 5.32 Å². The Kier molecular flexibility index (Phi) is 1.12. The summed E-state index contributed by atoms with van der Waals surface area (Å²) in [5.41, 5.74) is 0.472. The molecule has 0 aromatic carbocycles. The van der Waals surface area contributed by atoms with Crippen LogP contribution >= 0.6 is 0 Å². The second kappa shape index (κ2) is 1.47. The number of nitrogens with one attached hydrogen (secondary N) is 1. The third-order valence-electron chi connectivity index (χ3n) is 1.77. The quantitative estimate of drug-likeness (QED) is 0.471. The van der Waals surface area contributed by atoms with Gasteiger partial charge in [-0.2, -0.15) is 0 Å². The standard InChI is InChI=1S/C7H15N/c1-5-6(8-5)7(2,3)4/h5-6,8H,1-4H3/t5-,6+/m1/s1. The number of hydrogen-bond acceptors (Lipinski definition) is 1. The smallest absolute Gasteiger partial charge is 0.0270 e. The molecule has 1 N–H and O–H groups in total. The van der Waals surface area contributed by atoms with Crippen LogP contribution in [0.2, 0.25) is 0 Å². The van der Waals surface area contributed by atoms with E-state index in [9.17, 15) is 0 Å². The summed E-state index contributed by atoms with van der Waals surface area (Å²) in [5, 5.41) is 3.37. The first-order valence-electron chi connectivity index (χ1n) is 3.28. The van der Waals surface area contributed by atoms with E-state index in [1.165, 1.54) is 0 Å². The largest absolute Gasteiger partial charge is 0.308 e. The Labute approximate surface area is 51.5 Å². The lowest BCUT2D eigenvalue weighted by atomic mass is 9.90. The van der Waals surface area contributed by atoms with Gasteiger partial charge in [-0.15, -0.1) is 0 Å². The first-order valence-corrected chi connectivity index (χ1v) is 3.28. The molecule has 1 aliphatic rings. The van der Waals surface area contributed by atoms with Gasteiger partial charge in [0.05, 0.1) is 0 Å². The van der Waals surface area contributed by atoms with Gasteiger partial charge in [-0.05, 0) is 12.3 Å². The molecule has 0 saturated carbocycles. The van der Waals surface area contributed by atoms with Gasteiger partial charge in [0.1, 0.15) is 0 Å². The van der Waals surface area contributed by atoms with E-state index >= 15 is 0 Å². The SMILES string of the molecule is C[C@H]1N[C@@H]1C(C)(C)C. The average Bonchev–Trinajstić information content (AvgIpc) is 2.13. The highest BCUT2D eigenvalue weighted by molar-refractivity contribution is 5.01. The lowest BCUT2D eigenvalue weighted by molar-refractivity contribution is 0.396. The Morgan fingerprint density at radius 3 is 1.62 bits per heavy atom. The molecule has 1 rings (SSSR count). The van der Waals surface area contributed by atoms with Crippen molar-refractivity contribution in [2.24, 2.45) is 5.41 Å². The van der Waals surface area contributed by atoms with Gasteiger partial charge in [-0.1, -0.05) is 20.8 Å². The lowest BCUT2D eigenvalue weighted by Crippen LogP contribution is -2.16. The zero-order valence-electron chi connectivity index (χ0n) is 6.15. The molecule has 1 saturated heterocycles. The summed E-state index contributed by atoms with van der Waals surface area (Å²) in [7, 11) is 0. The Morgan fingerprint density at radius 1 is 1.25 bits per heavy atom. The maximum atomic E-state index is 3.37. The van der Waals surface area contributed by atoms with Crippen LogP contribution in [-0.2, 0) is 0 Å². The van der Waals surface area contributed by atoms with Crippen molar-refractivity contribution in [3.05, 3.63) is 0 Å². The van der Waals surface area contributed by atoms with Crippen molar-refractivity contribution in [1.29, 1.82) is 0 Å². The third kappa shape index (κ3) is 1.03. The highest BCUT2D eigenvalue weighted by atomic mass is 15.2. The molecule has 0 bridgehead atoms. The minimum atomic E-state index is 0.472. The molecule has 48 valence electrons. The van der Waals surface area contributed by atoms with Gasteiger partial charge in [-0.3, -0.25) is 0 Å². The Morgan fingerprint density at radius 2 is 1.62 bits per heavy atom. The van der Waals surface area contributed by atoms with E-state index in [1.807, 2.05) is 0 Å². The Hall–Kier alpha value is -0.0400. The molecule has 1 heterocycles. The van der Waals surface area contributed by atoms with Crippen molar-refractivity contribution >= 4 is 0 Å². The van der Waals surface area contributed by atoms with Crippen molar-refractivity contribution in [2.45, 2.75) is 39.8 Å². The monoisotopic (exact) mass is 113 g/mol. The predicted octanol–water partition coefficient (Wildman–Crippen LogP) is 1.39. The van der Waals surface area contributed by atoms with E-state index in [0.29, 0.717) is 5.41 Å². The summed E-state index contributed by atoms with van der Waals surface area (Å²) < 4.78 is 0. The van der Waals surface area contributed by atoms with Gasteiger partial charge < -0.3 is 5.32 Å². The first-order chi connectivity index (χ1) is 3.52. The normalized spacial score (nSPS) is 37.5. The van der Waals surface area contributed by atoms with Gasteiger partial charge in [-0.25, -0.2) is 0 Å². The molecule has 1 nitrogen and oxygen atoms in total. The molecule has 0 radical (unpaired) electrons. The van der Waals surface area contributed by atoms with E-state index in [1.54, 1.807) is 0 Å². The molecular formula is C7H15N. The van der Waals surface area contributed by atoms with Gasteiger partial charge in [0.2, 0.25) is 0 Å². The summed E-state index contributed by atoms with van der Waals surface area (Å²) >= 11 is 0. The van der Waals surface area contributed by atoms with Gasteiger partial charge >= 0.3 is 0 Å². The Bertz CT molecular complexity index is 91.1. The van der Waals surface area contributed by atoms with Crippen molar-refractivity contribution < 1.29 is 0 Å². The van der Waals surface area contributed by atoms with Crippen LogP contribution in [0.3, 0.4) is 0 Å². The van der Waals surface area contributed by atoms with E-state index in [0.717, 1.165) is 12.1 Å². The topological polar surface area (TPSA) is 21.9 Å². The predicted molar refractivity (Wildman–Crippen MR) is 35.8 cm³/mol. The van der Waals surface area contributed by atoms with Crippen LogP contribution in [0.15, 0.2) is 0 Å². The Balaban J connectivity index is 2.39. The third-order valence-corrected chi connectivity index (χ3v) is 1.77. The molecule has 0 spiro atoms. The van der Waals surface area contributed by atoms with Crippen molar-refractivity contribution in [2.75, 3.05) is 0 Å². The molecule has 0 aromatic rings. The second-order valence-electron chi connectivity index (χ2n) is 3.80. The van der Waals surface area contributed by atoms with E-state index in [2.05, 4.69) is 33.0 Å². The minimum absolute atomic E-state index is 0.472. The van der Waals surface area contributed by atoms with E-state index in [-0.39, 0.29) is 0 Å². The van der Waals surface area contributed by atoms with Crippen molar-refractivity contribution in [3.8, 4) is 0 Å². The van der Waals surface area contributed by atoms with Gasteiger partial charge in [0.25, 0.3) is 0 Å². The highest BCUT2D eigenvalue weighted by Gasteiger charge is 2.40. The zero-order valence-corrected chi connectivity index (χ0v) is 6.15. The van der Waals surface area contributed by atoms with Crippen LogP contribution in [0.5, 0.6) is 0 Å². The maximum absolute atomic E-state index is 3.37. The summed E-state index contributed by atoms with van der Waals surface area (Å²) in [4.78, 5) is 0. The molecule has 0 aliphatic carbocycles. The highest BCUT2D eigenvalue weighted by Crippen LogP contribution is 2.30. The fourth-order valence-electron chi connectivity index (χ4n) is 1.23. The molecule has 1 aliphatic heterocycles. The molecule has 0 amide bonds. The van der Waals surface area contributed by atoms with E-state index < -0.39 is 0 Å². The van der Waals surface area contributed by atoms with E-state index in [4.69, 9.17) is 0 Å². The molecule has 2 atom stereocenters. The number of rotatable bonds is 0. The van der Waals surface area contributed by atoms with Crippen LogP contribution in [0.4, 0.5) is 0 Å². The molecule has 1 fully saturated rings. The summed E-state index contributed by atoms with van der Waals surface area (Å²) in [6, 6.07) is 1.53. The summed E-state index contributed by atoms with van der Waals surface area (Å²) in [5.74, 6) is 0. The van der Waals surface area contributed by atoms with Crippen molar-refractivity contribution in [1.82, 2.24) is 5.32 Å². The van der Waals surface area contributed by atoms with Gasteiger partial charge in [0, 0.05) is 12.1 Å². The molecule has 0 unspecified atom stereocenters. The van der Waals surface area contributed by atoms with Crippen LogP contribution in [-0.4, -0.2) is 12.1 Å². The maximum Gasteiger partial charge on any atom is 0.0270 e. The van der Waals surface area contributed by atoms with Crippen LogP contribution in [0.1, 0.15) is 27.7 Å². The molecule has 0 aromatic heterocycles.